The summed E-state index contributed by atoms with van der Waals surface area (Å²) >= 11 is 0. The van der Waals surface area contributed by atoms with Gasteiger partial charge in [-0.2, -0.15) is 5.26 Å². The van der Waals surface area contributed by atoms with Gasteiger partial charge < -0.3 is 15.0 Å². The molecule has 0 bridgehead atoms. The predicted octanol–water partition coefficient (Wildman–Crippen LogP) is 3.45. The Hall–Kier alpha value is -3.33. The highest BCUT2D eigenvalue weighted by Crippen LogP contribution is 2.19. The van der Waals surface area contributed by atoms with E-state index in [0.29, 0.717) is 35.7 Å². The van der Waals surface area contributed by atoms with Crippen LogP contribution in [0.1, 0.15) is 36.7 Å². The second kappa shape index (κ2) is 9.39. The van der Waals surface area contributed by atoms with Crippen molar-refractivity contribution in [2.45, 2.75) is 26.9 Å². The molecule has 0 aromatic heterocycles. The highest BCUT2D eigenvalue weighted by molar-refractivity contribution is 5.98. The van der Waals surface area contributed by atoms with Crippen molar-refractivity contribution in [2.75, 3.05) is 18.4 Å². The maximum absolute atomic E-state index is 12.4. The Balaban J connectivity index is 2.08. The topological polar surface area (TPSA) is 82.4 Å². The molecule has 0 aliphatic rings. The number of nitriles is 1. The van der Waals surface area contributed by atoms with Gasteiger partial charge in [0.05, 0.1) is 5.56 Å². The maximum atomic E-state index is 12.4. The highest BCUT2D eigenvalue weighted by Gasteiger charge is 2.18. The Labute approximate surface area is 159 Å². The second-order valence-electron chi connectivity index (χ2n) is 5.92. The molecule has 27 heavy (non-hydrogen) atoms. The smallest absolute Gasteiger partial charge is 0.265 e. The van der Waals surface area contributed by atoms with Gasteiger partial charge in [-0.15, -0.1) is 0 Å². The molecule has 6 nitrogen and oxygen atoms in total. The van der Waals surface area contributed by atoms with Crippen LogP contribution in [0.15, 0.2) is 48.5 Å². The zero-order chi connectivity index (χ0) is 19.8. The summed E-state index contributed by atoms with van der Waals surface area (Å²) in [5, 5.41) is 11.9. The minimum Gasteiger partial charge on any atom is -0.480 e. The molecule has 0 heterocycles. The molecule has 2 aromatic carbocycles. The van der Waals surface area contributed by atoms with E-state index in [1.807, 2.05) is 19.9 Å². The number of nitrogens with one attached hydrogen (secondary N) is 1. The van der Waals surface area contributed by atoms with Crippen LogP contribution in [-0.4, -0.2) is 35.9 Å². The fourth-order valence-electron chi connectivity index (χ4n) is 2.57. The lowest BCUT2D eigenvalue weighted by molar-refractivity contribution is -0.122. The van der Waals surface area contributed by atoms with E-state index in [1.54, 1.807) is 60.4 Å². The number of hydrogen-bond donors (Lipinski definition) is 1. The summed E-state index contributed by atoms with van der Waals surface area (Å²) in [5.41, 5.74) is 1.39. The Bertz CT molecular complexity index is 854. The largest absolute Gasteiger partial charge is 0.480 e. The van der Waals surface area contributed by atoms with Crippen molar-refractivity contribution in [3.05, 3.63) is 59.7 Å². The van der Waals surface area contributed by atoms with Crippen molar-refractivity contribution >= 4 is 17.5 Å². The molecule has 140 valence electrons. The van der Waals surface area contributed by atoms with Gasteiger partial charge in [0.15, 0.2) is 6.10 Å². The monoisotopic (exact) mass is 365 g/mol. The van der Waals surface area contributed by atoms with Gasteiger partial charge in [0.25, 0.3) is 11.8 Å². The third-order valence-corrected chi connectivity index (χ3v) is 4.11. The quantitative estimate of drug-likeness (QED) is 0.815. The molecular weight excluding hydrogens is 342 g/mol. The molecule has 6 heteroatoms. The van der Waals surface area contributed by atoms with Gasteiger partial charge in [-0.25, -0.2) is 0 Å². The van der Waals surface area contributed by atoms with Crippen LogP contribution in [0.25, 0.3) is 0 Å². The van der Waals surface area contributed by atoms with E-state index in [1.165, 1.54) is 0 Å². The maximum Gasteiger partial charge on any atom is 0.265 e. The molecule has 0 fully saturated rings. The van der Waals surface area contributed by atoms with Gasteiger partial charge in [-0.1, -0.05) is 18.2 Å². The SMILES string of the molecule is CCN(CC)C(=O)c1cccc(NC(=O)C(C)Oc2ccccc2C#N)c1. The number of para-hydroxylation sites is 1. The number of carbonyl (C=O) groups is 2. The fourth-order valence-corrected chi connectivity index (χ4v) is 2.57. The number of nitrogens with zero attached hydrogens (tertiary/aromatic N) is 2. The standard InChI is InChI=1S/C21H23N3O3/c1-4-24(5-2)21(26)16-10-8-11-18(13-16)23-20(25)15(3)27-19-12-7-6-9-17(19)14-22/h6-13,15H,4-5H2,1-3H3,(H,23,25). The summed E-state index contributed by atoms with van der Waals surface area (Å²) in [4.78, 5) is 26.6. The first-order chi connectivity index (χ1) is 13.0. The van der Waals surface area contributed by atoms with Crippen LogP contribution in [-0.2, 0) is 4.79 Å². The lowest BCUT2D eigenvalue weighted by atomic mass is 10.1. The van der Waals surface area contributed by atoms with Crippen molar-refractivity contribution in [3.63, 3.8) is 0 Å². The molecule has 1 unspecified atom stereocenters. The van der Waals surface area contributed by atoms with Crippen LogP contribution in [0.4, 0.5) is 5.69 Å². The van der Waals surface area contributed by atoms with E-state index in [-0.39, 0.29) is 11.8 Å². The third-order valence-electron chi connectivity index (χ3n) is 4.11. The fraction of sp³-hybridized carbons (Fsp3) is 0.286. The number of anilines is 1. The lowest BCUT2D eigenvalue weighted by Crippen LogP contribution is -2.31. The lowest BCUT2D eigenvalue weighted by Gasteiger charge is -2.19. The highest BCUT2D eigenvalue weighted by atomic mass is 16.5. The van der Waals surface area contributed by atoms with Crippen LogP contribution >= 0.6 is 0 Å². The minimum absolute atomic E-state index is 0.0802. The van der Waals surface area contributed by atoms with E-state index >= 15 is 0 Å². The van der Waals surface area contributed by atoms with Crippen molar-refractivity contribution < 1.29 is 14.3 Å². The molecule has 0 radical (unpaired) electrons. The number of carbonyl (C=O) groups excluding carboxylic acids is 2. The van der Waals surface area contributed by atoms with Crippen LogP contribution < -0.4 is 10.1 Å². The molecule has 0 aliphatic carbocycles. The minimum atomic E-state index is -0.804. The zero-order valence-corrected chi connectivity index (χ0v) is 15.7. The Morgan fingerprint density at radius 3 is 2.52 bits per heavy atom. The van der Waals surface area contributed by atoms with E-state index < -0.39 is 6.10 Å². The molecule has 0 saturated heterocycles. The van der Waals surface area contributed by atoms with Gasteiger partial charge in [0.2, 0.25) is 0 Å². The Morgan fingerprint density at radius 1 is 1.15 bits per heavy atom. The molecule has 1 atom stereocenters. The van der Waals surface area contributed by atoms with E-state index in [0.717, 1.165) is 0 Å². The molecule has 2 rings (SSSR count). The Morgan fingerprint density at radius 2 is 1.85 bits per heavy atom. The van der Waals surface area contributed by atoms with Crippen LogP contribution in [0.2, 0.25) is 0 Å². The van der Waals surface area contributed by atoms with E-state index in [2.05, 4.69) is 5.32 Å². The molecule has 1 N–H and O–H groups in total. The summed E-state index contributed by atoms with van der Waals surface area (Å²) in [5.74, 6) is -0.0911. The summed E-state index contributed by atoms with van der Waals surface area (Å²) in [6.45, 7) is 6.69. The number of benzene rings is 2. The van der Waals surface area contributed by atoms with Crippen LogP contribution in [0.5, 0.6) is 5.75 Å². The van der Waals surface area contributed by atoms with Gasteiger partial charge in [0.1, 0.15) is 11.8 Å². The van der Waals surface area contributed by atoms with Crippen molar-refractivity contribution in [2.24, 2.45) is 0 Å². The molecule has 2 amide bonds. The molecule has 0 aliphatic heterocycles. The average molecular weight is 365 g/mol. The molecule has 2 aromatic rings. The molecular formula is C21H23N3O3. The first kappa shape index (κ1) is 20.0. The van der Waals surface area contributed by atoms with Crippen molar-refractivity contribution in [1.82, 2.24) is 4.90 Å². The normalized spacial score (nSPS) is 11.2. The first-order valence-corrected chi connectivity index (χ1v) is 8.86. The Kier molecular flexibility index (Phi) is 6.95. The summed E-state index contributed by atoms with van der Waals surface area (Å²) < 4.78 is 5.61. The van der Waals surface area contributed by atoms with E-state index in [4.69, 9.17) is 10.00 Å². The molecule has 0 saturated carbocycles. The summed E-state index contributed by atoms with van der Waals surface area (Å²) in [6, 6.07) is 15.6. The zero-order valence-electron chi connectivity index (χ0n) is 15.7. The third kappa shape index (κ3) is 5.08. The first-order valence-electron chi connectivity index (χ1n) is 8.86. The van der Waals surface area contributed by atoms with Crippen molar-refractivity contribution in [1.29, 1.82) is 5.26 Å². The van der Waals surface area contributed by atoms with Gasteiger partial charge in [-0.05, 0) is 51.1 Å². The number of hydrogen-bond acceptors (Lipinski definition) is 4. The average Bonchev–Trinajstić information content (AvgIpc) is 2.69. The number of rotatable bonds is 7. The van der Waals surface area contributed by atoms with Gasteiger partial charge >= 0.3 is 0 Å². The van der Waals surface area contributed by atoms with Crippen molar-refractivity contribution in [3.8, 4) is 11.8 Å². The molecule has 0 spiro atoms. The number of amides is 2. The van der Waals surface area contributed by atoms with E-state index in [9.17, 15) is 9.59 Å². The van der Waals surface area contributed by atoms with Crippen LogP contribution in [0, 0.1) is 11.3 Å². The second-order valence-corrected chi connectivity index (χ2v) is 5.92. The van der Waals surface area contributed by atoms with Gasteiger partial charge in [0, 0.05) is 24.3 Å². The summed E-state index contributed by atoms with van der Waals surface area (Å²) in [6.07, 6.45) is -0.804. The predicted molar refractivity (Wildman–Crippen MR) is 104 cm³/mol. The van der Waals surface area contributed by atoms with Crippen LogP contribution in [0.3, 0.4) is 0 Å². The van der Waals surface area contributed by atoms with Gasteiger partial charge in [-0.3, -0.25) is 9.59 Å². The summed E-state index contributed by atoms with van der Waals surface area (Å²) in [7, 11) is 0. The number of ether oxygens (including phenoxy) is 1.